The molecule has 1 fully saturated rings. The minimum atomic E-state index is -0.824. The van der Waals surface area contributed by atoms with Crippen molar-refractivity contribution in [2.75, 3.05) is 6.61 Å². The standard InChI is InChI=1S/C21H20ClN5O4/c1-3-16(30-21(28)29-4-2)27-25-15(11-23)17(26-27)18-19(12-8-9-12)31-20(24-18)13-6-5-7-14(22)10-13/h5-7,10,12,16H,3-4,8-9H2,1-2H3. The van der Waals surface area contributed by atoms with Gasteiger partial charge in [0.15, 0.2) is 11.4 Å². The molecule has 0 radical (unpaired) electrons. The molecule has 0 saturated heterocycles. The monoisotopic (exact) mass is 441 g/mol. The van der Waals surface area contributed by atoms with Crippen LogP contribution in [-0.2, 0) is 9.47 Å². The number of hydrogen-bond donors (Lipinski definition) is 0. The van der Waals surface area contributed by atoms with E-state index in [4.69, 9.17) is 25.5 Å². The zero-order valence-corrected chi connectivity index (χ0v) is 17.8. The molecule has 1 aliphatic carbocycles. The number of halogens is 1. The maximum atomic E-state index is 11.7. The highest BCUT2D eigenvalue weighted by molar-refractivity contribution is 6.30. The van der Waals surface area contributed by atoms with Crippen molar-refractivity contribution >= 4 is 17.8 Å². The predicted octanol–water partition coefficient (Wildman–Crippen LogP) is 5.08. The molecule has 0 spiro atoms. The van der Waals surface area contributed by atoms with Gasteiger partial charge in [-0.2, -0.15) is 5.26 Å². The number of aromatic nitrogens is 4. The van der Waals surface area contributed by atoms with Gasteiger partial charge in [0.2, 0.25) is 12.1 Å². The Labute approximate surface area is 183 Å². The smallest absolute Gasteiger partial charge is 0.440 e. The molecule has 0 aliphatic heterocycles. The maximum Gasteiger partial charge on any atom is 0.510 e. The third kappa shape index (κ3) is 4.39. The summed E-state index contributed by atoms with van der Waals surface area (Å²) in [5.74, 6) is 1.27. The van der Waals surface area contributed by atoms with Crippen LogP contribution < -0.4 is 0 Å². The topological polar surface area (TPSA) is 116 Å². The van der Waals surface area contributed by atoms with Crippen molar-refractivity contribution in [1.29, 1.82) is 5.26 Å². The van der Waals surface area contributed by atoms with E-state index < -0.39 is 12.4 Å². The molecule has 10 heteroatoms. The van der Waals surface area contributed by atoms with Crippen LogP contribution in [0.2, 0.25) is 5.02 Å². The van der Waals surface area contributed by atoms with E-state index in [-0.39, 0.29) is 23.9 Å². The third-order valence-electron chi connectivity index (χ3n) is 4.73. The second kappa shape index (κ2) is 8.78. The van der Waals surface area contributed by atoms with Crippen LogP contribution in [0.3, 0.4) is 0 Å². The SMILES string of the molecule is CCOC(=O)OC(CC)n1nc(C#N)c(-c2nc(-c3cccc(Cl)c3)oc2C2CC2)n1. The first-order valence-corrected chi connectivity index (χ1v) is 10.4. The zero-order valence-electron chi connectivity index (χ0n) is 17.0. The summed E-state index contributed by atoms with van der Waals surface area (Å²) in [5.41, 5.74) is 1.54. The Morgan fingerprint density at radius 2 is 2.16 bits per heavy atom. The fourth-order valence-electron chi connectivity index (χ4n) is 3.11. The summed E-state index contributed by atoms with van der Waals surface area (Å²) in [6.07, 6.45) is 0.687. The molecule has 31 heavy (non-hydrogen) atoms. The average Bonchev–Trinajstić information content (AvgIpc) is 3.36. The van der Waals surface area contributed by atoms with Crippen molar-refractivity contribution in [2.24, 2.45) is 0 Å². The van der Waals surface area contributed by atoms with Gasteiger partial charge in [-0.1, -0.05) is 24.6 Å². The van der Waals surface area contributed by atoms with E-state index in [0.717, 1.165) is 18.4 Å². The molecule has 0 N–H and O–H groups in total. The molecule has 1 unspecified atom stereocenters. The number of hydrogen-bond acceptors (Lipinski definition) is 8. The minimum absolute atomic E-state index is 0.0683. The van der Waals surface area contributed by atoms with Crippen molar-refractivity contribution in [2.45, 2.75) is 45.3 Å². The lowest BCUT2D eigenvalue weighted by Crippen LogP contribution is -2.20. The summed E-state index contributed by atoms with van der Waals surface area (Å²) < 4.78 is 16.2. The number of carbonyl (C=O) groups excluding carboxylic acids is 1. The normalized spacial score (nSPS) is 14.1. The summed E-state index contributed by atoms with van der Waals surface area (Å²) in [6.45, 7) is 3.68. The second-order valence-corrected chi connectivity index (χ2v) is 7.45. The summed E-state index contributed by atoms with van der Waals surface area (Å²) >= 11 is 6.11. The third-order valence-corrected chi connectivity index (χ3v) is 4.97. The van der Waals surface area contributed by atoms with Gasteiger partial charge in [0, 0.05) is 22.9 Å². The Hall–Kier alpha value is -3.38. The van der Waals surface area contributed by atoms with Gasteiger partial charge in [0.1, 0.15) is 17.5 Å². The van der Waals surface area contributed by atoms with E-state index in [2.05, 4.69) is 15.2 Å². The Bertz CT molecular complexity index is 1150. The van der Waals surface area contributed by atoms with E-state index in [1.807, 2.05) is 25.1 Å². The summed E-state index contributed by atoms with van der Waals surface area (Å²) in [6, 6.07) is 9.24. The summed E-state index contributed by atoms with van der Waals surface area (Å²) in [4.78, 5) is 17.6. The molecule has 2 heterocycles. The van der Waals surface area contributed by atoms with Gasteiger partial charge in [-0.15, -0.1) is 15.0 Å². The van der Waals surface area contributed by atoms with Gasteiger partial charge < -0.3 is 13.9 Å². The number of nitrogens with zero attached hydrogens (tertiary/aromatic N) is 5. The molecule has 3 aromatic rings. The van der Waals surface area contributed by atoms with Crippen LogP contribution in [0.4, 0.5) is 4.79 Å². The van der Waals surface area contributed by atoms with E-state index in [0.29, 0.717) is 28.8 Å². The first-order valence-electron chi connectivity index (χ1n) is 10.0. The van der Waals surface area contributed by atoms with Gasteiger partial charge in [-0.3, -0.25) is 0 Å². The highest BCUT2D eigenvalue weighted by Gasteiger charge is 2.35. The molecule has 1 saturated carbocycles. The van der Waals surface area contributed by atoms with Crippen LogP contribution in [0.1, 0.15) is 56.7 Å². The Morgan fingerprint density at radius 1 is 1.35 bits per heavy atom. The van der Waals surface area contributed by atoms with Gasteiger partial charge in [-0.25, -0.2) is 9.78 Å². The Morgan fingerprint density at radius 3 is 2.81 bits per heavy atom. The van der Waals surface area contributed by atoms with E-state index in [9.17, 15) is 10.1 Å². The number of nitriles is 1. The van der Waals surface area contributed by atoms with Gasteiger partial charge in [0.05, 0.1) is 6.61 Å². The molecule has 0 amide bonds. The number of carbonyl (C=O) groups is 1. The molecule has 4 rings (SSSR count). The van der Waals surface area contributed by atoms with Crippen LogP contribution in [0.15, 0.2) is 28.7 Å². The Kier molecular flexibility index (Phi) is 5.91. The van der Waals surface area contributed by atoms with Gasteiger partial charge >= 0.3 is 6.16 Å². The van der Waals surface area contributed by atoms with Crippen molar-refractivity contribution in [1.82, 2.24) is 20.0 Å². The molecule has 9 nitrogen and oxygen atoms in total. The molecular weight excluding hydrogens is 422 g/mol. The lowest BCUT2D eigenvalue weighted by molar-refractivity contribution is -0.0152. The second-order valence-electron chi connectivity index (χ2n) is 7.01. The molecule has 1 aliphatic rings. The molecule has 0 bridgehead atoms. The van der Waals surface area contributed by atoms with E-state index in [1.54, 1.807) is 19.1 Å². The van der Waals surface area contributed by atoms with Crippen molar-refractivity contribution in [3.63, 3.8) is 0 Å². The molecular formula is C21H20ClN5O4. The predicted molar refractivity (Wildman–Crippen MR) is 110 cm³/mol. The number of rotatable bonds is 7. The molecule has 160 valence electrons. The van der Waals surface area contributed by atoms with Crippen LogP contribution in [-0.4, -0.2) is 32.7 Å². The number of ether oxygens (including phenoxy) is 2. The largest absolute Gasteiger partial charge is 0.510 e. The number of oxazole rings is 1. The lowest BCUT2D eigenvalue weighted by Gasteiger charge is -2.14. The van der Waals surface area contributed by atoms with Gasteiger partial charge in [-0.05, 0) is 38.0 Å². The summed E-state index contributed by atoms with van der Waals surface area (Å²) in [5, 5.41) is 18.9. The molecule has 1 atom stereocenters. The highest BCUT2D eigenvalue weighted by Crippen LogP contribution is 2.46. The maximum absolute atomic E-state index is 11.7. The van der Waals surface area contributed by atoms with Crippen LogP contribution >= 0.6 is 11.6 Å². The van der Waals surface area contributed by atoms with Crippen molar-refractivity contribution in [3.8, 4) is 28.9 Å². The lowest BCUT2D eigenvalue weighted by atomic mass is 10.2. The first-order chi connectivity index (χ1) is 15.0. The van der Waals surface area contributed by atoms with E-state index >= 15 is 0 Å². The van der Waals surface area contributed by atoms with E-state index in [1.165, 1.54) is 4.80 Å². The summed E-state index contributed by atoms with van der Waals surface area (Å²) in [7, 11) is 0. The Balaban J connectivity index is 1.74. The first kappa shape index (κ1) is 20.9. The number of benzene rings is 1. The quantitative estimate of drug-likeness (QED) is 0.465. The van der Waals surface area contributed by atoms with Gasteiger partial charge in [0.25, 0.3) is 0 Å². The molecule has 1 aromatic carbocycles. The highest BCUT2D eigenvalue weighted by atomic mass is 35.5. The molecule has 2 aromatic heterocycles. The van der Waals surface area contributed by atoms with Crippen molar-refractivity contribution in [3.05, 3.63) is 40.7 Å². The minimum Gasteiger partial charge on any atom is -0.440 e. The average molecular weight is 442 g/mol. The van der Waals surface area contributed by atoms with Crippen LogP contribution in [0.5, 0.6) is 0 Å². The fourth-order valence-corrected chi connectivity index (χ4v) is 3.30. The van der Waals surface area contributed by atoms with Crippen molar-refractivity contribution < 1.29 is 18.7 Å². The van der Waals surface area contributed by atoms with Crippen LogP contribution in [0, 0.1) is 11.3 Å². The zero-order chi connectivity index (χ0) is 22.0. The fraction of sp³-hybridized carbons (Fsp3) is 0.381. The van der Waals surface area contributed by atoms with Crippen LogP contribution in [0.25, 0.3) is 22.8 Å².